The molecule has 4 heteroatoms. The minimum atomic E-state index is 0.0772. The van der Waals surface area contributed by atoms with Crippen LogP contribution in [-0.2, 0) is 4.79 Å². The first-order valence-electron chi connectivity index (χ1n) is 6.32. The zero-order chi connectivity index (χ0) is 13.5. The summed E-state index contributed by atoms with van der Waals surface area (Å²) in [5.74, 6) is 0.538. The molecule has 2 rings (SSSR count). The van der Waals surface area contributed by atoms with Crippen LogP contribution in [0.15, 0.2) is 47.4 Å². The van der Waals surface area contributed by atoms with Crippen LogP contribution in [0.3, 0.4) is 0 Å². The number of carbonyl (C=O) groups is 1. The van der Waals surface area contributed by atoms with Crippen LogP contribution in [0.5, 0.6) is 0 Å². The molecule has 2 aromatic rings. The Kier molecular flexibility index (Phi) is 5.24. The van der Waals surface area contributed by atoms with Crippen LogP contribution in [-0.4, -0.2) is 31.8 Å². The Morgan fingerprint density at radius 1 is 1.11 bits per heavy atom. The zero-order valence-corrected chi connectivity index (χ0v) is 11.8. The van der Waals surface area contributed by atoms with E-state index in [9.17, 15) is 4.79 Å². The molecule has 2 aromatic carbocycles. The molecule has 0 aliphatic carbocycles. The van der Waals surface area contributed by atoms with Crippen LogP contribution >= 0.6 is 11.8 Å². The molecule has 0 saturated heterocycles. The number of nitrogens with one attached hydrogen (secondary N) is 2. The number of hydrogen-bond donors (Lipinski definition) is 2. The van der Waals surface area contributed by atoms with Crippen molar-refractivity contribution >= 4 is 28.4 Å². The maximum absolute atomic E-state index is 11.6. The van der Waals surface area contributed by atoms with Gasteiger partial charge >= 0.3 is 0 Å². The summed E-state index contributed by atoms with van der Waals surface area (Å²) in [6, 6.07) is 14.5. The summed E-state index contributed by atoms with van der Waals surface area (Å²) >= 11 is 1.57. The molecule has 0 saturated carbocycles. The topological polar surface area (TPSA) is 41.1 Å². The maximum atomic E-state index is 11.6. The Balaban J connectivity index is 1.89. The van der Waals surface area contributed by atoms with Crippen molar-refractivity contribution in [2.75, 3.05) is 25.9 Å². The van der Waals surface area contributed by atoms with E-state index in [1.807, 2.05) is 19.2 Å². The molecule has 0 radical (unpaired) electrons. The number of amides is 1. The van der Waals surface area contributed by atoms with E-state index >= 15 is 0 Å². The first kappa shape index (κ1) is 13.9. The fraction of sp³-hybridized carbons (Fsp3) is 0.267. The van der Waals surface area contributed by atoms with Gasteiger partial charge in [0.2, 0.25) is 5.91 Å². The molecule has 0 aliphatic heterocycles. The molecule has 2 N–H and O–H groups in total. The molecule has 0 aliphatic rings. The van der Waals surface area contributed by atoms with Crippen molar-refractivity contribution in [1.82, 2.24) is 10.6 Å². The number of benzene rings is 2. The van der Waals surface area contributed by atoms with E-state index in [0.29, 0.717) is 12.3 Å². The molecular weight excluding hydrogens is 256 g/mol. The highest BCUT2D eigenvalue weighted by atomic mass is 32.2. The second-order valence-corrected chi connectivity index (χ2v) is 5.30. The Morgan fingerprint density at radius 2 is 1.89 bits per heavy atom. The molecule has 0 aromatic heterocycles. The molecule has 19 heavy (non-hydrogen) atoms. The van der Waals surface area contributed by atoms with E-state index in [1.165, 1.54) is 10.8 Å². The molecule has 1 amide bonds. The van der Waals surface area contributed by atoms with Crippen molar-refractivity contribution in [1.29, 1.82) is 0 Å². The van der Waals surface area contributed by atoms with Crippen molar-refractivity contribution in [3.8, 4) is 0 Å². The lowest BCUT2D eigenvalue weighted by Crippen LogP contribution is -2.31. The van der Waals surface area contributed by atoms with E-state index < -0.39 is 0 Å². The monoisotopic (exact) mass is 274 g/mol. The van der Waals surface area contributed by atoms with Gasteiger partial charge < -0.3 is 10.6 Å². The molecule has 0 atom stereocenters. The fourth-order valence-corrected chi connectivity index (χ4v) is 2.56. The number of carbonyl (C=O) groups excluding carboxylic acids is 1. The van der Waals surface area contributed by atoms with Crippen LogP contribution in [0.4, 0.5) is 0 Å². The summed E-state index contributed by atoms with van der Waals surface area (Å²) in [6.07, 6.45) is 0. The second kappa shape index (κ2) is 7.16. The lowest BCUT2D eigenvalue weighted by molar-refractivity contribution is -0.118. The standard InChI is InChI=1S/C15H18N2OS/c1-16-8-9-17-15(18)11-19-14-7-6-12-4-2-3-5-13(12)10-14/h2-7,10,16H,8-9,11H2,1H3,(H,17,18). The highest BCUT2D eigenvalue weighted by Gasteiger charge is 2.02. The van der Waals surface area contributed by atoms with Gasteiger partial charge in [0, 0.05) is 18.0 Å². The van der Waals surface area contributed by atoms with Crippen molar-refractivity contribution in [2.45, 2.75) is 4.90 Å². The minimum Gasteiger partial charge on any atom is -0.354 e. The third kappa shape index (κ3) is 4.26. The van der Waals surface area contributed by atoms with Gasteiger partial charge in [0.25, 0.3) is 0 Å². The second-order valence-electron chi connectivity index (χ2n) is 4.25. The fourth-order valence-electron chi connectivity index (χ4n) is 1.78. The van der Waals surface area contributed by atoms with Gasteiger partial charge in [-0.05, 0) is 30.0 Å². The summed E-state index contributed by atoms with van der Waals surface area (Å²) in [6.45, 7) is 1.47. The maximum Gasteiger partial charge on any atom is 0.230 e. The molecular formula is C15H18N2OS. The van der Waals surface area contributed by atoms with E-state index in [0.717, 1.165) is 11.4 Å². The molecule has 0 spiro atoms. The molecule has 100 valence electrons. The van der Waals surface area contributed by atoms with Crippen LogP contribution in [0.2, 0.25) is 0 Å². The average molecular weight is 274 g/mol. The van der Waals surface area contributed by atoms with E-state index in [2.05, 4.69) is 41.0 Å². The Hall–Kier alpha value is -1.52. The first-order chi connectivity index (χ1) is 9.29. The lowest BCUT2D eigenvalue weighted by Gasteiger charge is -2.05. The summed E-state index contributed by atoms with van der Waals surface area (Å²) in [4.78, 5) is 12.7. The number of hydrogen-bond acceptors (Lipinski definition) is 3. The smallest absolute Gasteiger partial charge is 0.230 e. The number of fused-ring (bicyclic) bond motifs is 1. The third-order valence-electron chi connectivity index (χ3n) is 2.79. The Labute approximate surface area is 117 Å². The van der Waals surface area contributed by atoms with Gasteiger partial charge in [-0.2, -0.15) is 0 Å². The van der Waals surface area contributed by atoms with Gasteiger partial charge in [-0.25, -0.2) is 0 Å². The zero-order valence-electron chi connectivity index (χ0n) is 11.0. The normalized spacial score (nSPS) is 10.6. The summed E-state index contributed by atoms with van der Waals surface area (Å²) in [5, 5.41) is 8.30. The number of rotatable bonds is 6. The average Bonchev–Trinajstić information content (AvgIpc) is 2.45. The van der Waals surface area contributed by atoms with Gasteiger partial charge in [0.15, 0.2) is 0 Å². The van der Waals surface area contributed by atoms with Gasteiger partial charge in [-0.1, -0.05) is 30.3 Å². The summed E-state index contributed by atoms with van der Waals surface area (Å²) in [7, 11) is 1.87. The van der Waals surface area contributed by atoms with Gasteiger partial charge in [-0.3, -0.25) is 4.79 Å². The van der Waals surface area contributed by atoms with Crippen molar-refractivity contribution in [3.63, 3.8) is 0 Å². The van der Waals surface area contributed by atoms with E-state index in [-0.39, 0.29) is 5.91 Å². The van der Waals surface area contributed by atoms with Crippen LogP contribution in [0.25, 0.3) is 10.8 Å². The molecule has 0 bridgehead atoms. The van der Waals surface area contributed by atoms with Crippen LogP contribution in [0.1, 0.15) is 0 Å². The third-order valence-corrected chi connectivity index (χ3v) is 3.78. The highest BCUT2D eigenvalue weighted by Crippen LogP contribution is 2.23. The quantitative estimate of drug-likeness (QED) is 0.627. The minimum absolute atomic E-state index is 0.0772. The molecule has 0 fully saturated rings. The SMILES string of the molecule is CNCCNC(=O)CSc1ccc2ccccc2c1. The number of likely N-dealkylation sites (N-methyl/N-ethyl adjacent to an activating group) is 1. The summed E-state index contributed by atoms with van der Waals surface area (Å²) < 4.78 is 0. The van der Waals surface area contributed by atoms with E-state index in [1.54, 1.807) is 11.8 Å². The van der Waals surface area contributed by atoms with Crippen molar-refractivity contribution in [2.24, 2.45) is 0 Å². The molecule has 0 heterocycles. The predicted octanol–water partition coefficient (Wildman–Crippen LogP) is 2.27. The molecule has 0 unspecified atom stereocenters. The number of thioether (sulfide) groups is 1. The molecule has 3 nitrogen and oxygen atoms in total. The van der Waals surface area contributed by atoms with Crippen molar-refractivity contribution < 1.29 is 4.79 Å². The van der Waals surface area contributed by atoms with Crippen LogP contribution in [0, 0.1) is 0 Å². The van der Waals surface area contributed by atoms with Crippen LogP contribution < -0.4 is 10.6 Å². The van der Waals surface area contributed by atoms with Crippen molar-refractivity contribution in [3.05, 3.63) is 42.5 Å². The lowest BCUT2D eigenvalue weighted by atomic mass is 10.1. The summed E-state index contributed by atoms with van der Waals surface area (Å²) in [5.41, 5.74) is 0. The first-order valence-corrected chi connectivity index (χ1v) is 7.31. The largest absolute Gasteiger partial charge is 0.354 e. The predicted molar refractivity (Wildman–Crippen MR) is 81.6 cm³/mol. The highest BCUT2D eigenvalue weighted by molar-refractivity contribution is 8.00. The Bertz CT molecular complexity index is 557. The van der Waals surface area contributed by atoms with Gasteiger partial charge in [0.05, 0.1) is 5.75 Å². The van der Waals surface area contributed by atoms with E-state index in [4.69, 9.17) is 0 Å². The Morgan fingerprint density at radius 3 is 2.68 bits per heavy atom. The van der Waals surface area contributed by atoms with Gasteiger partial charge in [0.1, 0.15) is 0 Å². The van der Waals surface area contributed by atoms with Gasteiger partial charge in [-0.15, -0.1) is 11.8 Å².